The molecule has 0 bridgehead atoms. The molecule has 62 valence electrons. The Kier molecular flexibility index (Phi) is 2.48. The maximum atomic E-state index is 9.71. The van der Waals surface area contributed by atoms with Crippen LogP contribution in [0.3, 0.4) is 0 Å². The van der Waals surface area contributed by atoms with Gasteiger partial charge in [-0.15, -0.1) is 0 Å². The summed E-state index contributed by atoms with van der Waals surface area (Å²) in [6.45, 7) is 0. The first-order valence-electron chi connectivity index (χ1n) is 4.01. The van der Waals surface area contributed by atoms with Crippen molar-refractivity contribution in [3.63, 3.8) is 0 Å². The molecule has 1 saturated carbocycles. The topological polar surface area (TPSA) is 70.0 Å². The Morgan fingerprint density at radius 1 is 1.55 bits per heavy atom. The highest BCUT2D eigenvalue weighted by Crippen LogP contribution is 2.29. The van der Waals surface area contributed by atoms with Crippen LogP contribution in [0.15, 0.2) is 0 Å². The molecule has 3 N–H and O–H groups in total. The fourth-order valence-corrected chi connectivity index (χ4v) is 1.50. The third-order valence-electron chi connectivity index (χ3n) is 2.37. The van der Waals surface area contributed by atoms with Gasteiger partial charge in [0.05, 0.1) is 18.1 Å². The molecule has 1 fully saturated rings. The number of rotatable bonds is 1. The van der Waals surface area contributed by atoms with Gasteiger partial charge >= 0.3 is 0 Å². The zero-order chi connectivity index (χ0) is 8.32. The van der Waals surface area contributed by atoms with Crippen molar-refractivity contribution in [1.82, 2.24) is 0 Å². The van der Waals surface area contributed by atoms with Crippen LogP contribution in [0.2, 0.25) is 0 Å². The van der Waals surface area contributed by atoms with E-state index in [1.54, 1.807) is 0 Å². The summed E-state index contributed by atoms with van der Waals surface area (Å²) in [6.07, 6.45) is 3.31. The van der Waals surface area contributed by atoms with Crippen LogP contribution in [-0.2, 0) is 0 Å². The minimum absolute atomic E-state index is 0.231. The Balaban J connectivity index is 2.43. The number of nitriles is 1. The quantitative estimate of drug-likeness (QED) is 0.579. The van der Waals surface area contributed by atoms with Crippen molar-refractivity contribution in [2.24, 2.45) is 5.73 Å². The van der Waals surface area contributed by atoms with Gasteiger partial charge < -0.3 is 10.8 Å². The first kappa shape index (κ1) is 8.51. The van der Waals surface area contributed by atoms with Gasteiger partial charge in [-0.25, -0.2) is 0 Å². The number of nitrogens with two attached hydrogens (primary N) is 1. The summed E-state index contributed by atoms with van der Waals surface area (Å²) in [6, 6.07) is 2.23. The third kappa shape index (κ3) is 2.18. The highest BCUT2D eigenvalue weighted by atomic mass is 16.3. The maximum Gasteiger partial charge on any atom is 0.0778 e. The summed E-state index contributed by atoms with van der Waals surface area (Å²) in [5, 5.41) is 18.1. The molecule has 0 heterocycles. The Hall–Kier alpha value is -0.590. The number of aliphatic hydroxyl groups is 1. The van der Waals surface area contributed by atoms with Crippen LogP contribution in [-0.4, -0.2) is 16.7 Å². The molecule has 11 heavy (non-hydrogen) atoms. The second kappa shape index (κ2) is 3.21. The number of nitrogens with zero attached hydrogens (tertiary/aromatic N) is 1. The maximum absolute atomic E-state index is 9.71. The van der Waals surface area contributed by atoms with Gasteiger partial charge in [-0.2, -0.15) is 5.26 Å². The van der Waals surface area contributed by atoms with Crippen LogP contribution in [0.5, 0.6) is 0 Å². The van der Waals surface area contributed by atoms with Gasteiger partial charge in [0.1, 0.15) is 0 Å². The molecule has 3 heteroatoms. The molecule has 1 rings (SSSR count). The molecule has 0 amide bonds. The first-order valence-corrected chi connectivity index (χ1v) is 4.01. The fraction of sp³-hybridized carbons (Fsp3) is 0.875. The minimum atomic E-state index is -0.732. The average Bonchev–Trinajstić information content (AvgIpc) is 1.97. The van der Waals surface area contributed by atoms with E-state index in [1.807, 2.05) is 6.07 Å². The molecule has 0 spiro atoms. The van der Waals surface area contributed by atoms with E-state index in [4.69, 9.17) is 11.0 Å². The summed E-state index contributed by atoms with van der Waals surface area (Å²) >= 11 is 0. The van der Waals surface area contributed by atoms with Crippen molar-refractivity contribution in [2.75, 3.05) is 0 Å². The highest BCUT2D eigenvalue weighted by molar-refractivity contribution is 4.93. The Labute approximate surface area is 66.8 Å². The molecular formula is C8H14N2O. The second-order valence-corrected chi connectivity index (χ2v) is 3.40. The Morgan fingerprint density at radius 3 is 2.55 bits per heavy atom. The number of hydrogen-bond acceptors (Lipinski definition) is 3. The zero-order valence-corrected chi connectivity index (χ0v) is 6.58. The molecule has 0 atom stereocenters. The molecule has 0 saturated heterocycles. The predicted molar refractivity (Wildman–Crippen MR) is 41.6 cm³/mol. The second-order valence-electron chi connectivity index (χ2n) is 3.40. The summed E-state index contributed by atoms with van der Waals surface area (Å²) in [7, 11) is 0. The molecule has 0 aromatic carbocycles. The van der Waals surface area contributed by atoms with E-state index in [-0.39, 0.29) is 12.5 Å². The average molecular weight is 154 g/mol. The molecule has 0 aromatic heterocycles. The lowest BCUT2D eigenvalue weighted by Crippen LogP contribution is -2.38. The lowest BCUT2D eigenvalue weighted by molar-refractivity contribution is 0.00420. The van der Waals surface area contributed by atoms with Gasteiger partial charge in [0.2, 0.25) is 0 Å². The largest absolute Gasteiger partial charge is 0.389 e. The molecule has 0 unspecified atom stereocenters. The SMILES string of the molecule is N#CCC1(O)CCC(N)CC1. The standard InChI is InChI=1S/C8H14N2O/c9-6-5-8(11)3-1-7(10)2-4-8/h7,11H,1-5,10H2. The first-order chi connectivity index (χ1) is 5.16. The van der Waals surface area contributed by atoms with E-state index < -0.39 is 5.60 Å². The van der Waals surface area contributed by atoms with Gasteiger partial charge in [-0.1, -0.05) is 0 Å². The van der Waals surface area contributed by atoms with Gasteiger partial charge in [-0.05, 0) is 25.7 Å². The number of hydrogen-bond donors (Lipinski definition) is 2. The van der Waals surface area contributed by atoms with E-state index in [0.29, 0.717) is 12.8 Å². The Morgan fingerprint density at radius 2 is 2.09 bits per heavy atom. The lowest BCUT2D eigenvalue weighted by Gasteiger charge is -2.32. The van der Waals surface area contributed by atoms with Gasteiger partial charge in [0.15, 0.2) is 0 Å². The molecule has 0 aromatic rings. The van der Waals surface area contributed by atoms with Crippen molar-refractivity contribution in [2.45, 2.75) is 43.7 Å². The van der Waals surface area contributed by atoms with E-state index in [1.165, 1.54) is 0 Å². The summed E-state index contributed by atoms with van der Waals surface area (Å²) in [5.74, 6) is 0. The minimum Gasteiger partial charge on any atom is -0.389 e. The van der Waals surface area contributed by atoms with E-state index in [0.717, 1.165) is 12.8 Å². The summed E-state index contributed by atoms with van der Waals surface area (Å²) in [5.41, 5.74) is 4.93. The molecule has 1 aliphatic carbocycles. The summed E-state index contributed by atoms with van der Waals surface area (Å²) in [4.78, 5) is 0. The molecular weight excluding hydrogens is 140 g/mol. The van der Waals surface area contributed by atoms with Crippen molar-refractivity contribution in [1.29, 1.82) is 5.26 Å². The summed E-state index contributed by atoms with van der Waals surface area (Å²) < 4.78 is 0. The van der Waals surface area contributed by atoms with Crippen LogP contribution >= 0.6 is 0 Å². The van der Waals surface area contributed by atoms with Crippen molar-refractivity contribution < 1.29 is 5.11 Å². The van der Waals surface area contributed by atoms with Crippen molar-refractivity contribution >= 4 is 0 Å². The van der Waals surface area contributed by atoms with Crippen LogP contribution in [0.1, 0.15) is 32.1 Å². The highest BCUT2D eigenvalue weighted by Gasteiger charge is 2.31. The van der Waals surface area contributed by atoms with E-state index >= 15 is 0 Å². The van der Waals surface area contributed by atoms with Gasteiger partial charge in [0.25, 0.3) is 0 Å². The van der Waals surface area contributed by atoms with Crippen LogP contribution in [0.4, 0.5) is 0 Å². The Bertz CT molecular complexity index is 165. The predicted octanol–water partition coefficient (Wildman–Crippen LogP) is 0.532. The van der Waals surface area contributed by atoms with Crippen LogP contribution in [0, 0.1) is 11.3 Å². The van der Waals surface area contributed by atoms with Crippen LogP contribution in [0.25, 0.3) is 0 Å². The zero-order valence-electron chi connectivity index (χ0n) is 6.58. The van der Waals surface area contributed by atoms with Crippen molar-refractivity contribution in [3.05, 3.63) is 0 Å². The third-order valence-corrected chi connectivity index (χ3v) is 2.37. The molecule has 3 nitrogen and oxygen atoms in total. The molecule has 0 radical (unpaired) electrons. The van der Waals surface area contributed by atoms with Crippen molar-refractivity contribution in [3.8, 4) is 6.07 Å². The lowest BCUT2D eigenvalue weighted by atomic mass is 9.81. The van der Waals surface area contributed by atoms with Crippen LogP contribution < -0.4 is 5.73 Å². The normalized spacial score (nSPS) is 38.1. The van der Waals surface area contributed by atoms with Gasteiger partial charge in [-0.3, -0.25) is 0 Å². The van der Waals surface area contributed by atoms with E-state index in [2.05, 4.69) is 0 Å². The molecule has 1 aliphatic rings. The molecule has 0 aliphatic heterocycles. The van der Waals surface area contributed by atoms with Gasteiger partial charge in [0, 0.05) is 6.04 Å². The smallest absolute Gasteiger partial charge is 0.0778 e. The monoisotopic (exact) mass is 154 g/mol. The van der Waals surface area contributed by atoms with E-state index in [9.17, 15) is 5.11 Å². The fourth-order valence-electron chi connectivity index (χ4n) is 1.50.